The van der Waals surface area contributed by atoms with Gasteiger partial charge in [-0.3, -0.25) is 0 Å². The van der Waals surface area contributed by atoms with Crippen molar-refractivity contribution in [3.05, 3.63) is 47.1 Å². The molecule has 0 spiro atoms. The number of allylic oxidation sites excluding steroid dienone is 3. The normalized spacial score (nSPS) is 19.4. The number of unbranched alkanes of at least 4 members (excludes halogenated alkanes) is 2. The molecular weight excluding hydrogens is 356 g/mol. The van der Waals surface area contributed by atoms with Gasteiger partial charge in [-0.05, 0) is 63.1 Å². The second-order valence-electron chi connectivity index (χ2n) is 7.81. The summed E-state index contributed by atoms with van der Waals surface area (Å²) < 4.78 is 5.29. The highest BCUT2D eigenvalue weighted by molar-refractivity contribution is 5.76. The van der Waals surface area contributed by atoms with Gasteiger partial charge in [-0.25, -0.2) is 4.79 Å². The maximum absolute atomic E-state index is 11.9. The first-order valence-electron chi connectivity index (χ1n) is 10.0. The molecule has 0 saturated carbocycles. The van der Waals surface area contributed by atoms with Gasteiger partial charge in [0.2, 0.25) is 0 Å². The quantitative estimate of drug-likeness (QED) is 0.203. The summed E-state index contributed by atoms with van der Waals surface area (Å²) >= 11 is 0. The molecule has 2 rings (SSSR count). The van der Waals surface area contributed by atoms with Crippen LogP contribution in [0.15, 0.2) is 35.9 Å². The molecule has 5 heteroatoms. The number of rotatable bonds is 8. The number of carbonyl (C=O) groups is 1. The van der Waals surface area contributed by atoms with E-state index >= 15 is 0 Å². The highest BCUT2D eigenvalue weighted by Gasteiger charge is 2.31. The predicted molar refractivity (Wildman–Crippen MR) is 109 cm³/mol. The van der Waals surface area contributed by atoms with Gasteiger partial charge in [0.1, 0.15) is 11.5 Å². The molecule has 2 atom stereocenters. The van der Waals surface area contributed by atoms with Gasteiger partial charge in [0.15, 0.2) is 0 Å². The zero-order valence-electron chi connectivity index (χ0n) is 17.1. The highest BCUT2D eigenvalue weighted by atomic mass is 16.6. The number of ether oxygens (including phenoxy) is 1. The summed E-state index contributed by atoms with van der Waals surface area (Å²) in [6.45, 7) is 10.2. The third-order valence-electron chi connectivity index (χ3n) is 5.38. The summed E-state index contributed by atoms with van der Waals surface area (Å²) in [6, 6.07) is 3.46. The molecule has 0 aliphatic heterocycles. The molecule has 1 aliphatic carbocycles. The summed E-state index contributed by atoms with van der Waals surface area (Å²) in [5, 5.41) is 29.2. The number of phenols is 1. The summed E-state index contributed by atoms with van der Waals surface area (Å²) in [5.74, 6) is -0.986. The minimum absolute atomic E-state index is 0.0615. The fourth-order valence-corrected chi connectivity index (χ4v) is 3.88. The van der Waals surface area contributed by atoms with Crippen LogP contribution in [0.25, 0.3) is 0 Å². The molecular formula is C23H32O5. The maximum atomic E-state index is 11.9. The lowest BCUT2D eigenvalue weighted by Gasteiger charge is -2.32. The number of aromatic hydroxyl groups is 1. The number of benzene rings is 1. The third-order valence-corrected chi connectivity index (χ3v) is 5.38. The van der Waals surface area contributed by atoms with Crippen LogP contribution in [-0.4, -0.2) is 27.6 Å². The van der Waals surface area contributed by atoms with Crippen molar-refractivity contribution in [3.63, 3.8) is 0 Å². The second-order valence-corrected chi connectivity index (χ2v) is 7.81. The van der Waals surface area contributed by atoms with Crippen LogP contribution < -0.4 is 4.74 Å². The lowest BCUT2D eigenvalue weighted by molar-refractivity contribution is -0.162. The van der Waals surface area contributed by atoms with Crippen LogP contribution in [0.1, 0.15) is 69.9 Å². The number of esters is 1. The number of hydrogen-bond donors (Lipinski definition) is 3. The maximum Gasteiger partial charge on any atom is 0.368 e. The number of phenolic OH excluding ortho intramolecular Hbond substituents is 1. The lowest BCUT2D eigenvalue weighted by atomic mass is 9.73. The number of aryl methyl sites for hydroxylation is 1. The van der Waals surface area contributed by atoms with E-state index in [1.54, 1.807) is 12.1 Å². The van der Waals surface area contributed by atoms with Crippen molar-refractivity contribution in [2.45, 2.75) is 71.5 Å². The van der Waals surface area contributed by atoms with Crippen molar-refractivity contribution in [2.24, 2.45) is 5.92 Å². The molecule has 3 N–H and O–H groups in total. The van der Waals surface area contributed by atoms with E-state index in [0.29, 0.717) is 5.56 Å². The van der Waals surface area contributed by atoms with E-state index in [1.807, 2.05) is 13.8 Å². The second kappa shape index (κ2) is 9.89. The van der Waals surface area contributed by atoms with E-state index in [0.717, 1.165) is 49.7 Å². The van der Waals surface area contributed by atoms with E-state index in [2.05, 4.69) is 19.6 Å². The van der Waals surface area contributed by atoms with E-state index in [4.69, 9.17) is 4.74 Å². The molecule has 1 aromatic carbocycles. The Balaban J connectivity index is 2.51. The molecule has 1 aromatic rings. The Bertz CT molecular complexity index is 748. The molecule has 0 heterocycles. The molecule has 0 aromatic heterocycles. The van der Waals surface area contributed by atoms with Gasteiger partial charge in [0, 0.05) is 11.5 Å². The van der Waals surface area contributed by atoms with Gasteiger partial charge in [-0.2, -0.15) is 0 Å². The molecule has 28 heavy (non-hydrogen) atoms. The molecule has 1 aliphatic rings. The van der Waals surface area contributed by atoms with Gasteiger partial charge < -0.3 is 20.1 Å². The molecule has 0 amide bonds. The Hall–Kier alpha value is -2.11. The molecule has 154 valence electrons. The monoisotopic (exact) mass is 388 g/mol. The van der Waals surface area contributed by atoms with E-state index in [1.165, 1.54) is 5.57 Å². The zero-order chi connectivity index (χ0) is 20.8. The van der Waals surface area contributed by atoms with Gasteiger partial charge in [0.05, 0.1) is 0 Å². The average molecular weight is 389 g/mol. The summed E-state index contributed by atoms with van der Waals surface area (Å²) in [6.07, 6.45) is 5.56. The van der Waals surface area contributed by atoms with Crippen LogP contribution in [0.4, 0.5) is 0 Å². The largest absolute Gasteiger partial charge is 0.507 e. The Morgan fingerprint density at radius 3 is 2.64 bits per heavy atom. The Morgan fingerprint density at radius 1 is 1.32 bits per heavy atom. The van der Waals surface area contributed by atoms with E-state index in [-0.39, 0.29) is 23.3 Å². The fourth-order valence-electron chi connectivity index (χ4n) is 3.88. The average Bonchev–Trinajstić information content (AvgIpc) is 2.61. The molecule has 5 nitrogen and oxygen atoms in total. The summed E-state index contributed by atoms with van der Waals surface area (Å²) in [7, 11) is 0. The molecule has 0 bridgehead atoms. The predicted octanol–water partition coefficient (Wildman–Crippen LogP) is 4.36. The van der Waals surface area contributed by atoms with E-state index < -0.39 is 12.3 Å². The van der Waals surface area contributed by atoms with Crippen molar-refractivity contribution in [1.29, 1.82) is 0 Å². The van der Waals surface area contributed by atoms with Crippen LogP contribution in [-0.2, 0) is 11.2 Å². The number of carbonyl (C=O) groups excluding carboxylic acids is 1. The Morgan fingerprint density at radius 2 is 2.04 bits per heavy atom. The summed E-state index contributed by atoms with van der Waals surface area (Å²) in [4.78, 5) is 11.9. The van der Waals surface area contributed by atoms with Gasteiger partial charge in [-0.1, -0.05) is 43.6 Å². The molecule has 0 fully saturated rings. The first-order valence-corrected chi connectivity index (χ1v) is 10.0. The topological polar surface area (TPSA) is 87.0 Å². The van der Waals surface area contributed by atoms with Crippen LogP contribution in [0.2, 0.25) is 0 Å². The third kappa shape index (κ3) is 5.46. The Labute approximate surface area is 167 Å². The van der Waals surface area contributed by atoms with E-state index in [9.17, 15) is 20.1 Å². The van der Waals surface area contributed by atoms with Crippen LogP contribution in [0, 0.1) is 5.92 Å². The van der Waals surface area contributed by atoms with Gasteiger partial charge in [-0.15, -0.1) is 0 Å². The zero-order valence-corrected chi connectivity index (χ0v) is 17.1. The lowest BCUT2D eigenvalue weighted by Crippen LogP contribution is -2.26. The standard InChI is InChI=1S/C23H32O5/c1-5-6-7-8-16-12-19(24)21(20(13-16)28-23(27)22(25)26)18-11-15(4)9-10-17(18)14(2)3/h11-13,17-18,22,24-26H,2,5-10H2,1,3-4H3/t17-,18+/m0/s1. The molecule has 0 unspecified atom stereocenters. The van der Waals surface area contributed by atoms with Crippen molar-refractivity contribution in [2.75, 3.05) is 0 Å². The number of aliphatic hydroxyl groups is 2. The van der Waals surface area contributed by atoms with Crippen molar-refractivity contribution < 1.29 is 24.9 Å². The van der Waals surface area contributed by atoms with Crippen molar-refractivity contribution >= 4 is 5.97 Å². The van der Waals surface area contributed by atoms with Gasteiger partial charge in [0.25, 0.3) is 6.29 Å². The summed E-state index contributed by atoms with van der Waals surface area (Å²) in [5.41, 5.74) is 3.56. The minimum atomic E-state index is -2.22. The number of aliphatic hydroxyl groups excluding tert-OH is 1. The van der Waals surface area contributed by atoms with Crippen LogP contribution in [0.3, 0.4) is 0 Å². The number of hydrogen-bond acceptors (Lipinski definition) is 5. The fraction of sp³-hybridized carbons (Fsp3) is 0.522. The molecule has 0 radical (unpaired) electrons. The van der Waals surface area contributed by atoms with Crippen LogP contribution >= 0.6 is 0 Å². The minimum Gasteiger partial charge on any atom is -0.507 e. The van der Waals surface area contributed by atoms with Crippen LogP contribution in [0.5, 0.6) is 11.5 Å². The van der Waals surface area contributed by atoms with Crippen molar-refractivity contribution in [1.82, 2.24) is 0 Å². The highest BCUT2D eigenvalue weighted by Crippen LogP contribution is 2.47. The first kappa shape index (κ1) is 22.2. The van der Waals surface area contributed by atoms with Crippen molar-refractivity contribution in [3.8, 4) is 11.5 Å². The molecule has 0 saturated heterocycles. The van der Waals surface area contributed by atoms with Gasteiger partial charge >= 0.3 is 5.97 Å². The Kier molecular flexibility index (Phi) is 7.84. The first-order chi connectivity index (χ1) is 13.2. The smallest absolute Gasteiger partial charge is 0.368 e. The SMILES string of the molecule is C=C(C)[C@@H]1CCC(C)=C[C@H]1c1c(O)cc(CCCCC)cc1OC(=O)C(O)O.